The Hall–Kier alpha value is -2.89. The number of aromatic nitrogens is 1. The Morgan fingerprint density at radius 3 is 2.72 bits per heavy atom. The van der Waals surface area contributed by atoms with Gasteiger partial charge in [-0.25, -0.2) is 0 Å². The van der Waals surface area contributed by atoms with Gasteiger partial charge in [0.15, 0.2) is 0 Å². The second-order valence-electron chi connectivity index (χ2n) is 5.73. The quantitative estimate of drug-likeness (QED) is 0.840. The molecule has 2 aromatic rings. The zero-order chi connectivity index (χ0) is 18.2. The minimum Gasteiger partial charge on any atom is -0.495 e. The summed E-state index contributed by atoms with van der Waals surface area (Å²) >= 11 is 0. The normalized spacial score (nSPS) is 10.2. The molecule has 0 radical (unpaired) electrons. The molecule has 0 fully saturated rings. The largest absolute Gasteiger partial charge is 0.495 e. The molecular weight excluding hydrogens is 318 g/mol. The highest BCUT2D eigenvalue weighted by molar-refractivity contribution is 5.94. The average Bonchev–Trinajstić information content (AvgIpc) is 2.61. The number of nitrogens with one attached hydrogen (secondary N) is 1. The number of rotatable bonds is 7. The molecule has 2 amide bonds. The number of aryl methyl sites for hydroxylation is 1. The van der Waals surface area contributed by atoms with Crippen LogP contribution in [-0.4, -0.2) is 30.5 Å². The average molecular weight is 341 g/mol. The van der Waals surface area contributed by atoms with Crippen LogP contribution in [0.15, 0.2) is 42.7 Å². The SMILES string of the molecule is COc1ccc(C)cc1N(CCC(=O)NCc1cccnc1)C(C)=O. The van der Waals surface area contributed by atoms with E-state index in [1.807, 2.05) is 37.3 Å². The number of pyridine rings is 1. The molecule has 0 unspecified atom stereocenters. The second-order valence-corrected chi connectivity index (χ2v) is 5.73. The number of methoxy groups -OCH3 is 1. The Balaban J connectivity index is 1.99. The summed E-state index contributed by atoms with van der Waals surface area (Å²) in [5.74, 6) is 0.349. The summed E-state index contributed by atoms with van der Waals surface area (Å²) in [4.78, 5) is 29.7. The van der Waals surface area contributed by atoms with Gasteiger partial charge in [-0.2, -0.15) is 0 Å². The van der Waals surface area contributed by atoms with Crippen LogP contribution in [0.3, 0.4) is 0 Å². The highest BCUT2D eigenvalue weighted by Crippen LogP contribution is 2.29. The number of anilines is 1. The van der Waals surface area contributed by atoms with E-state index in [1.165, 1.54) is 6.92 Å². The fourth-order valence-corrected chi connectivity index (χ4v) is 2.46. The summed E-state index contributed by atoms with van der Waals surface area (Å²) in [5.41, 5.74) is 2.62. The van der Waals surface area contributed by atoms with Crippen molar-refractivity contribution in [2.75, 3.05) is 18.6 Å². The lowest BCUT2D eigenvalue weighted by Crippen LogP contribution is -2.34. The smallest absolute Gasteiger partial charge is 0.223 e. The van der Waals surface area contributed by atoms with Crippen molar-refractivity contribution in [1.82, 2.24) is 10.3 Å². The molecule has 0 bridgehead atoms. The summed E-state index contributed by atoms with van der Waals surface area (Å²) in [6.45, 7) is 4.13. The molecule has 0 saturated heterocycles. The number of carbonyl (C=O) groups excluding carboxylic acids is 2. The number of amides is 2. The number of benzene rings is 1. The number of nitrogens with zero attached hydrogens (tertiary/aromatic N) is 2. The topological polar surface area (TPSA) is 71.5 Å². The van der Waals surface area contributed by atoms with Crippen LogP contribution in [0.2, 0.25) is 0 Å². The van der Waals surface area contributed by atoms with Gasteiger partial charge in [-0.05, 0) is 36.2 Å². The Bertz CT molecular complexity index is 732. The van der Waals surface area contributed by atoms with E-state index in [1.54, 1.807) is 24.4 Å². The lowest BCUT2D eigenvalue weighted by atomic mass is 10.1. The van der Waals surface area contributed by atoms with Crippen LogP contribution in [0.4, 0.5) is 5.69 Å². The van der Waals surface area contributed by atoms with Gasteiger partial charge in [0.05, 0.1) is 12.8 Å². The number of ether oxygens (including phenoxy) is 1. The molecule has 1 heterocycles. The fourth-order valence-electron chi connectivity index (χ4n) is 2.46. The summed E-state index contributed by atoms with van der Waals surface area (Å²) in [6, 6.07) is 9.34. The third-order valence-electron chi connectivity index (χ3n) is 3.78. The van der Waals surface area contributed by atoms with E-state index in [0.717, 1.165) is 11.1 Å². The zero-order valence-electron chi connectivity index (χ0n) is 14.8. The minimum absolute atomic E-state index is 0.123. The predicted octanol–water partition coefficient (Wildman–Crippen LogP) is 2.46. The van der Waals surface area contributed by atoms with Crippen LogP contribution in [0, 0.1) is 6.92 Å². The summed E-state index contributed by atoms with van der Waals surface area (Å²) < 4.78 is 5.34. The van der Waals surface area contributed by atoms with Gasteiger partial charge in [0.1, 0.15) is 5.75 Å². The third kappa shape index (κ3) is 5.31. The van der Waals surface area contributed by atoms with Crippen molar-refractivity contribution in [3.63, 3.8) is 0 Å². The minimum atomic E-state index is -0.135. The molecule has 6 nitrogen and oxygen atoms in total. The van der Waals surface area contributed by atoms with E-state index in [4.69, 9.17) is 4.74 Å². The predicted molar refractivity (Wildman–Crippen MR) is 96.5 cm³/mol. The molecule has 0 saturated carbocycles. The van der Waals surface area contributed by atoms with Crippen molar-refractivity contribution in [1.29, 1.82) is 0 Å². The van der Waals surface area contributed by atoms with Gasteiger partial charge in [0.25, 0.3) is 0 Å². The standard InChI is InChI=1S/C19H23N3O3/c1-14-6-7-18(25-3)17(11-14)22(15(2)23)10-8-19(24)21-13-16-5-4-9-20-12-16/h4-7,9,11-12H,8,10,13H2,1-3H3,(H,21,24). The molecule has 0 aliphatic carbocycles. The molecule has 1 N–H and O–H groups in total. The van der Waals surface area contributed by atoms with Crippen molar-refractivity contribution in [2.24, 2.45) is 0 Å². The van der Waals surface area contributed by atoms with Gasteiger partial charge in [-0.15, -0.1) is 0 Å². The van der Waals surface area contributed by atoms with Gasteiger partial charge < -0.3 is 15.0 Å². The molecule has 1 aromatic heterocycles. The van der Waals surface area contributed by atoms with Crippen molar-refractivity contribution in [3.8, 4) is 5.75 Å². The maximum Gasteiger partial charge on any atom is 0.223 e. The van der Waals surface area contributed by atoms with E-state index >= 15 is 0 Å². The number of hydrogen-bond acceptors (Lipinski definition) is 4. The monoisotopic (exact) mass is 341 g/mol. The first kappa shape index (κ1) is 18.4. The molecule has 0 atom stereocenters. The van der Waals surface area contributed by atoms with Crippen LogP contribution in [0.25, 0.3) is 0 Å². The fraction of sp³-hybridized carbons (Fsp3) is 0.316. The van der Waals surface area contributed by atoms with Gasteiger partial charge in [0, 0.05) is 38.8 Å². The summed E-state index contributed by atoms with van der Waals surface area (Å²) in [6.07, 6.45) is 3.60. The van der Waals surface area contributed by atoms with Crippen LogP contribution >= 0.6 is 0 Å². The molecule has 0 aliphatic heterocycles. The Morgan fingerprint density at radius 2 is 2.08 bits per heavy atom. The van der Waals surface area contributed by atoms with E-state index in [2.05, 4.69) is 10.3 Å². The van der Waals surface area contributed by atoms with E-state index in [9.17, 15) is 9.59 Å². The zero-order valence-corrected chi connectivity index (χ0v) is 14.8. The van der Waals surface area contributed by atoms with E-state index in [0.29, 0.717) is 18.0 Å². The number of carbonyl (C=O) groups is 2. The van der Waals surface area contributed by atoms with Gasteiger partial charge in [0.2, 0.25) is 11.8 Å². The van der Waals surface area contributed by atoms with Crippen LogP contribution in [0.1, 0.15) is 24.5 Å². The van der Waals surface area contributed by atoms with Gasteiger partial charge >= 0.3 is 0 Å². The second kappa shape index (κ2) is 8.82. The molecule has 2 rings (SSSR count). The molecule has 1 aromatic carbocycles. The maximum atomic E-state index is 12.1. The molecule has 25 heavy (non-hydrogen) atoms. The first-order valence-electron chi connectivity index (χ1n) is 8.09. The van der Waals surface area contributed by atoms with Crippen LogP contribution in [0.5, 0.6) is 5.75 Å². The van der Waals surface area contributed by atoms with Crippen LogP contribution in [-0.2, 0) is 16.1 Å². The molecule has 132 valence electrons. The van der Waals surface area contributed by atoms with E-state index < -0.39 is 0 Å². The summed E-state index contributed by atoms with van der Waals surface area (Å²) in [7, 11) is 1.56. The molecular formula is C19H23N3O3. The Labute approximate surface area is 147 Å². The Morgan fingerprint density at radius 1 is 1.28 bits per heavy atom. The van der Waals surface area contributed by atoms with Gasteiger partial charge in [-0.1, -0.05) is 12.1 Å². The molecule has 0 aliphatic rings. The first-order valence-corrected chi connectivity index (χ1v) is 8.09. The van der Waals surface area contributed by atoms with Crippen molar-refractivity contribution >= 4 is 17.5 Å². The highest BCUT2D eigenvalue weighted by atomic mass is 16.5. The van der Waals surface area contributed by atoms with Crippen LogP contribution < -0.4 is 15.0 Å². The molecule has 6 heteroatoms. The lowest BCUT2D eigenvalue weighted by molar-refractivity contribution is -0.121. The third-order valence-corrected chi connectivity index (χ3v) is 3.78. The number of hydrogen-bond donors (Lipinski definition) is 1. The van der Waals surface area contributed by atoms with E-state index in [-0.39, 0.29) is 24.8 Å². The Kier molecular flexibility index (Phi) is 6.51. The van der Waals surface area contributed by atoms with Crippen molar-refractivity contribution in [3.05, 3.63) is 53.9 Å². The van der Waals surface area contributed by atoms with Crippen molar-refractivity contribution < 1.29 is 14.3 Å². The highest BCUT2D eigenvalue weighted by Gasteiger charge is 2.17. The summed E-state index contributed by atoms with van der Waals surface area (Å²) in [5, 5.41) is 2.84. The first-order chi connectivity index (χ1) is 12.0. The molecule has 0 spiro atoms. The maximum absolute atomic E-state index is 12.1. The lowest BCUT2D eigenvalue weighted by Gasteiger charge is -2.23. The van der Waals surface area contributed by atoms with Gasteiger partial charge in [-0.3, -0.25) is 14.6 Å². The van der Waals surface area contributed by atoms with Crippen molar-refractivity contribution in [2.45, 2.75) is 26.8 Å².